The maximum absolute atomic E-state index is 9.16. The monoisotopic (exact) mass is 237 g/mol. The molecule has 0 bridgehead atoms. The molecule has 0 unspecified atom stereocenters. The van der Waals surface area contributed by atoms with Crippen molar-refractivity contribution in [2.24, 2.45) is 0 Å². The average molecular weight is 237 g/mol. The van der Waals surface area contributed by atoms with Crippen LogP contribution in [0.1, 0.15) is 26.7 Å². The van der Waals surface area contributed by atoms with E-state index in [0.29, 0.717) is 24.0 Å². The van der Waals surface area contributed by atoms with Crippen LogP contribution in [0, 0.1) is 0 Å². The standard InChI is InChI=1S/C13H23N3O/c1-3-10(4-2)16(7-8-17)11-5-6-12(14)13(15)9-11/h5-6,9-10,17H,3-4,7-8,14-15H2,1-2H3. The number of nitrogens with two attached hydrogens (primary N) is 2. The minimum atomic E-state index is 0.140. The van der Waals surface area contributed by atoms with Crippen molar-refractivity contribution in [1.29, 1.82) is 0 Å². The topological polar surface area (TPSA) is 75.5 Å². The van der Waals surface area contributed by atoms with Gasteiger partial charge < -0.3 is 21.5 Å². The van der Waals surface area contributed by atoms with Crippen molar-refractivity contribution in [3.63, 3.8) is 0 Å². The number of aliphatic hydroxyl groups is 1. The van der Waals surface area contributed by atoms with Crippen molar-refractivity contribution >= 4 is 17.1 Å². The highest BCUT2D eigenvalue weighted by Crippen LogP contribution is 2.25. The molecule has 1 aromatic carbocycles. The second kappa shape index (κ2) is 6.35. The summed E-state index contributed by atoms with van der Waals surface area (Å²) < 4.78 is 0. The van der Waals surface area contributed by atoms with Crippen LogP contribution in [0.25, 0.3) is 0 Å². The Balaban J connectivity index is 2.99. The van der Waals surface area contributed by atoms with Gasteiger partial charge in [0.15, 0.2) is 0 Å². The van der Waals surface area contributed by atoms with Crippen molar-refractivity contribution in [3.05, 3.63) is 18.2 Å². The highest BCUT2D eigenvalue weighted by molar-refractivity contribution is 5.70. The third-order valence-electron chi connectivity index (χ3n) is 3.13. The Kier molecular flexibility index (Phi) is 5.10. The molecule has 0 amide bonds. The Morgan fingerprint density at radius 2 is 1.82 bits per heavy atom. The third-order valence-corrected chi connectivity index (χ3v) is 3.13. The number of anilines is 3. The number of hydrogen-bond donors (Lipinski definition) is 3. The Morgan fingerprint density at radius 3 is 2.29 bits per heavy atom. The van der Waals surface area contributed by atoms with Crippen LogP contribution in [-0.4, -0.2) is 24.3 Å². The molecule has 0 radical (unpaired) electrons. The lowest BCUT2D eigenvalue weighted by molar-refractivity contribution is 0.296. The largest absolute Gasteiger partial charge is 0.397 e. The Bertz CT molecular complexity index is 351. The van der Waals surface area contributed by atoms with Gasteiger partial charge in [-0.3, -0.25) is 0 Å². The van der Waals surface area contributed by atoms with Gasteiger partial charge in [-0.2, -0.15) is 0 Å². The Hall–Kier alpha value is -1.42. The number of rotatable bonds is 6. The smallest absolute Gasteiger partial charge is 0.0606 e. The van der Waals surface area contributed by atoms with E-state index in [9.17, 15) is 0 Å². The normalized spacial score (nSPS) is 10.8. The van der Waals surface area contributed by atoms with Crippen molar-refractivity contribution in [3.8, 4) is 0 Å². The minimum Gasteiger partial charge on any atom is -0.397 e. The SMILES string of the molecule is CCC(CC)N(CCO)c1ccc(N)c(N)c1. The van der Waals surface area contributed by atoms with Gasteiger partial charge in [0.2, 0.25) is 0 Å². The van der Waals surface area contributed by atoms with Crippen molar-refractivity contribution in [2.75, 3.05) is 29.5 Å². The zero-order chi connectivity index (χ0) is 12.8. The number of hydrogen-bond acceptors (Lipinski definition) is 4. The van der Waals surface area contributed by atoms with E-state index >= 15 is 0 Å². The maximum atomic E-state index is 9.16. The first-order valence-electron chi connectivity index (χ1n) is 6.16. The van der Waals surface area contributed by atoms with Crippen LogP contribution in [0.15, 0.2) is 18.2 Å². The summed E-state index contributed by atoms with van der Waals surface area (Å²) >= 11 is 0. The van der Waals surface area contributed by atoms with E-state index in [1.165, 1.54) is 0 Å². The Morgan fingerprint density at radius 1 is 1.18 bits per heavy atom. The molecule has 0 saturated carbocycles. The van der Waals surface area contributed by atoms with E-state index in [1.807, 2.05) is 18.2 Å². The highest BCUT2D eigenvalue weighted by Gasteiger charge is 2.15. The summed E-state index contributed by atoms with van der Waals surface area (Å²) in [6.45, 7) is 5.06. The molecule has 0 spiro atoms. The van der Waals surface area contributed by atoms with E-state index in [-0.39, 0.29) is 6.61 Å². The fraction of sp³-hybridized carbons (Fsp3) is 0.538. The summed E-state index contributed by atoms with van der Waals surface area (Å²) in [7, 11) is 0. The second-order valence-corrected chi connectivity index (χ2v) is 4.20. The summed E-state index contributed by atoms with van der Waals surface area (Å²) in [4.78, 5) is 2.19. The molecule has 0 saturated heterocycles. The summed E-state index contributed by atoms with van der Waals surface area (Å²) in [6, 6.07) is 6.07. The number of aliphatic hydroxyl groups excluding tert-OH is 1. The number of nitrogens with zero attached hydrogens (tertiary/aromatic N) is 1. The predicted molar refractivity (Wildman–Crippen MR) is 74.1 cm³/mol. The van der Waals surface area contributed by atoms with Gasteiger partial charge in [0.1, 0.15) is 0 Å². The molecule has 0 aromatic heterocycles. The van der Waals surface area contributed by atoms with Crippen LogP contribution < -0.4 is 16.4 Å². The van der Waals surface area contributed by atoms with Crippen LogP contribution in [0.3, 0.4) is 0 Å². The zero-order valence-corrected chi connectivity index (χ0v) is 10.7. The molecule has 5 N–H and O–H groups in total. The van der Waals surface area contributed by atoms with Gasteiger partial charge in [-0.05, 0) is 31.0 Å². The van der Waals surface area contributed by atoms with E-state index in [0.717, 1.165) is 18.5 Å². The molecule has 4 nitrogen and oxygen atoms in total. The van der Waals surface area contributed by atoms with Crippen LogP contribution in [-0.2, 0) is 0 Å². The predicted octanol–water partition coefficient (Wildman–Crippen LogP) is 1.84. The molecular formula is C13H23N3O. The van der Waals surface area contributed by atoms with Crippen LogP contribution in [0.2, 0.25) is 0 Å². The van der Waals surface area contributed by atoms with Gasteiger partial charge in [-0.25, -0.2) is 0 Å². The molecular weight excluding hydrogens is 214 g/mol. The van der Waals surface area contributed by atoms with Crippen LogP contribution in [0.5, 0.6) is 0 Å². The molecule has 0 heterocycles. The van der Waals surface area contributed by atoms with Crippen molar-refractivity contribution < 1.29 is 5.11 Å². The lowest BCUT2D eigenvalue weighted by atomic mass is 10.1. The maximum Gasteiger partial charge on any atom is 0.0606 e. The van der Waals surface area contributed by atoms with E-state index in [1.54, 1.807) is 0 Å². The van der Waals surface area contributed by atoms with Crippen LogP contribution >= 0.6 is 0 Å². The lowest BCUT2D eigenvalue weighted by Gasteiger charge is -2.32. The van der Waals surface area contributed by atoms with Gasteiger partial charge in [-0.1, -0.05) is 13.8 Å². The third kappa shape index (κ3) is 3.27. The van der Waals surface area contributed by atoms with Crippen molar-refractivity contribution in [2.45, 2.75) is 32.7 Å². The molecule has 0 aliphatic carbocycles. The molecule has 0 aliphatic rings. The fourth-order valence-corrected chi connectivity index (χ4v) is 2.10. The molecule has 4 heteroatoms. The zero-order valence-electron chi connectivity index (χ0n) is 10.7. The summed E-state index contributed by atoms with van der Waals surface area (Å²) in [5.74, 6) is 0. The first-order chi connectivity index (χ1) is 8.13. The minimum absolute atomic E-state index is 0.140. The molecule has 1 aromatic rings. The Labute approximate surface area is 103 Å². The summed E-state index contributed by atoms with van der Waals surface area (Å²) in [5, 5.41) is 9.16. The summed E-state index contributed by atoms with van der Waals surface area (Å²) in [6.07, 6.45) is 2.08. The molecule has 1 rings (SSSR count). The summed E-state index contributed by atoms with van der Waals surface area (Å²) in [5.41, 5.74) is 13.8. The number of benzene rings is 1. The first kappa shape index (κ1) is 13.6. The quantitative estimate of drug-likeness (QED) is 0.660. The molecule has 0 atom stereocenters. The van der Waals surface area contributed by atoms with Gasteiger partial charge in [0.25, 0.3) is 0 Å². The average Bonchev–Trinajstić information content (AvgIpc) is 2.33. The second-order valence-electron chi connectivity index (χ2n) is 4.20. The molecule has 96 valence electrons. The van der Waals surface area contributed by atoms with Gasteiger partial charge in [0, 0.05) is 18.3 Å². The van der Waals surface area contributed by atoms with Crippen molar-refractivity contribution in [1.82, 2.24) is 0 Å². The van der Waals surface area contributed by atoms with Gasteiger partial charge >= 0.3 is 0 Å². The van der Waals surface area contributed by atoms with Crippen LogP contribution in [0.4, 0.5) is 17.1 Å². The van der Waals surface area contributed by atoms with Gasteiger partial charge in [-0.15, -0.1) is 0 Å². The fourth-order valence-electron chi connectivity index (χ4n) is 2.10. The van der Waals surface area contributed by atoms with E-state index in [2.05, 4.69) is 18.7 Å². The molecule has 0 fully saturated rings. The van der Waals surface area contributed by atoms with E-state index < -0.39 is 0 Å². The molecule has 0 aliphatic heterocycles. The highest BCUT2D eigenvalue weighted by atomic mass is 16.3. The molecule has 17 heavy (non-hydrogen) atoms. The van der Waals surface area contributed by atoms with Gasteiger partial charge in [0.05, 0.1) is 18.0 Å². The number of nitrogen functional groups attached to an aromatic ring is 2. The van der Waals surface area contributed by atoms with E-state index in [4.69, 9.17) is 16.6 Å². The first-order valence-corrected chi connectivity index (χ1v) is 6.16. The lowest BCUT2D eigenvalue weighted by Crippen LogP contribution is -2.36.